The number of carbonyl (C=O) groups excluding carboxylic acids is 1. The highest BCUT2D eigenvalue weighted by Gasteiger charge is 2.13. The highest BCUT2D eigenvalue weighted by molar-refractivity contribution is 6.36. The molecule has 0 atom stereocenters. The lowest BCUT2D eigenvalue weighted by atomic mass is 10.1. The zero-order valence-electron chi connectivity index (χ0n) is 24.9. The van der Waals surface area contributed by atoms with Crippen molar-refractivity contribution in [2.24, 2.45) is 0 Å². The Bertz CT molecular complexity index is 1720. The van der Waals surface area contributed by atoms with Crippen LogP contribution in [0.4, 0.5) is 5.69 Å². The molecule has 5 nitrogen and oxygen atoms in total. The molecule has 1 N–H and O–H groups in total. The molecule has 4 aromatic carbocycles. The van der Waals surface area contributed by atoms with Gasteiger partial charge in [-0.25, -0.2) is 9.78 Å². The number of halogens is 2. The van der Waals surface area contributed by atoms with E-state index < -0.39 is 0 Å². The third kappa shape index (κ3) is 8.19. The lowest BCUT2D eigenvalue weighted by Gasteiger charge is -2.08. The molecule has 7 heteroatoms. The van der Waals surface area contributed by atoms with E-state index in [2.05, 4.69) is 65.3 Å². The van der Waals surface area contributed by atoms with Crippen molar-refractivity contribution in [3.63, 3.8) is 0 Å². The van der Waals surface area contributed by atoms with Gasteiger partial charge in [0.25, 0.3) is 0 Å². The first-order valence-electron chi connectivity index (χ1n) is 14.7. The first-order chi connectivity index (χ1) is 21.4. The van der Waals surface area contributed by atoms with Crippen molar-refractivity contribution >= 4 is 47.0 Å². The van der Waals surface area contributed by atoms with E-state index in [1.807, 2.05) is 36.5 Å². The minimum absolute atomic E-state index is 0.361. The predicted octanol–water partition coefficient (Wildman–Crippen LogP) is 9.82. The van der Waals surface area contributed by atoms with Crippen LogP contribution in [0.2, 0.25) is 10.0 Å². The standard InChI is InChI=1S/C37H35Cl2N3O2/c1-3-4-5-26-6-8-28(9-7-26)23-40-32-18-12-27(13-19-32)14-21-36-41-35(33-20-17-31(38)22-34(33)39)25-42(36)24-29-10-15-30(16-11-29)37(43)44-2/h6-22,25,40H,3-5,23-24H2,1-2H3/b21-14+. The van der Waals surface area contributed by atoms with Crippen LogP contribution in [-0.4, -0.2) is 22.6 Å². The number of anilines is 1. The van der Waals surface area contributed by atoms with Crippen LogP contribution >= 0.6 is 23.2 Å². The van der Waals surface area contributed by atoms with E-state index >= 15 is 0 Å². The van der Waals surface area contributed by atoms with Gasteiger partial charge in [-0.2, -0.15) is 0 Å². The molecule has 5 aromatic rings. The van der Waals surface area contributed by atoms with Crippen LogP contribution in [0.15, 0.2) is 97.2 Å². The van der Waals surface area contributed by atoms with E-state index in [-0.39, 0.29) is 5.97 Å². The van der Waals surface area contributed by atoms with Gasteiger partial charge in [-0.1, -0.05) is 91.2 Å². The molecule has 0 saturated carbocycles. The lowest BCUT2D eigenvalue weighted by Crippen LogP contribution is -2.03. The molecule has 0 fully saturated rings. The Morgan fingerprint density at radius 1 is 0.886 bits per heavy atom. The number of carbonyl (C=O) groups is 1. The maximum Gasteiger partial charge on any atom is 0.337 e. The maximum absolute atomic E-state index is 11.9. The summed E-state index contributed by atoms with van der Waals surface area (Å²) in [6.45, 7) is 3.55. The summed E-state index contributed by atoms with van der Waals surface area (Å²) in [5.41, 5.74) is 7.85. The second-order valence-electron chi connectivity index (χ2n) is 10.7. The average molecular weight is 625 g/mol. The number of rotatable bonds is 12. The van der Waals surface area contributed by atoms with Crippen molar-refractivity contribution in [1.82, 2.24) is 9.55 Å². The largest absolute Gasteiger partial charge is 0.465 e. The summed E-state index contributed by atoms with van der Waals surface area (Å²) in [6, 6.07) is 30.0. The summed E-state index contributed by atoms with van der Waals surface area (Å²) >= 11 is 12.7. The Morgan fingerprint density at radius 2 is 1.59 bits per heavy atom. The van der Waals surface area contributed by atoms with Crippen LogP contribution in [-0.2, 0) is 24.2 Å². The van der Waals surface area contributed by atoms with E-state index in [9.17, 15) is 4.79 Å². The number of imidazole rings is 1. The van der Waals surface area contributed by atoms with Crippen molar-refractivity contribution in [3.05, 3.63) is 141 Å². The van der Waals surface area contributed by atoms with Gasteiger partial charge >= 0.3 is 5.97 Å². The summed E-state index contributed by atoms with van der Waals surface area (Å²) in [7, 11) is 1.38. The predicted molar refractivity (Wildman–Crippen MR) is 182 cm³/mol. The first kappa shape index (κ1) is 31.1. The number of hydrogen-bond acceptors (Lipinski definition) is 4. The molecule has 0 bridgehead atoms. The topological polar surface area (TPSA) is 56.2 Å². The minimum Gasteiger partial charge on any atom is -0.465 e. The smallest absolute Gasteiger partial charge is 0.337 e. The molecule has 0 aliphatic carbocycles. The van der Waals surface area contributed by atoms with E-state index in [0.29, 0.717) is 22.2 Å². The van der Waals surface area contributed by atoms with Gasteiger partial charge in [0.05, 0.1) is 23.4 Å². The van der Waals surface area contributed by atoms with Crippen LogP contribution in [0.25, 0.3) is 23.4 Å². The third-order valence-corrected chi connectivity index (χ3v) is 7.96. The minimum atomic E-state index is -0.361. The molecule has 1 aromatic heterocycles. The first-order valence-corrected chi connectivity index (χ1v) is 15.5. The molecular formula is C37H35Cl2N3O2. The Balaban J connectivity index is 1.31. The molecule has 0 spiro atoms. The molecule has 44 heavy (non-hydrogen) atoms. The van der Waals surface area contributed by atoms with Crippen molar-refractivity contribution in [1.29, 1.82) is 0 Å². The zero-order chi connectivity index (χ0) is 30.9. The quantitative estimate of drug-likeness (QED) is 0.140. The van der Waals surface area contributed by atoms with Crippen molar-refractivity contribution < 1.29 is 9.53 Å². The van der Waals surface area contributed by atoms with Crippen molar-refractivity contribution in [3.8, 4) is 11.3 Å². The van der Waals surface area contributed by atoms with Crippen molar-refractivity contribution in [2.45, 2.75) is 39.3 Å². The fraction of sp³-hybridized carbons (Fsp3) is 0.189. The van der Waals surface area contributed by atoms with Gasteiger partial charge in [-0.3, -0.25) is 0 Å². The summed E-state index contributed by atoms with van der Waals surface area (Å²) in [5, 5.41) is 4.62. The van der Waals surface area contributed by atoms with Crippen LogP contribution < -0.4 is 5.32 Å². The van der Waals surface area contributed by atoms with E-state index in [1.165, 1.54) is 31.1 Å². The second-order valence-corrected chi connectivity index (χ2v) is 11.5. The summed E-state index contributed by atoms with van der Waals surface area (Å²) in [6.07, 6.45) is 9.60. The molecule has 0 radical (unpaired) electrons. The van der Waals surface area contributed by atoms with Gasteiger partial charge in [0.15, 0.2) is 0 Å². The molecular weight excluding hydrogens is 589 g/mol. The Kier molecular flexibility index (Phi) is 10.5. The average Bonchev–Trinajstić information content (AvgIpc) is 3.44. The number of hydrogen-bond donors (Lipinski definition) is 1. The normalized spacial score (nSPS) is 11.2. The maximum atomic E-state index is 11.9. The highest BCUT2D eigenvalue weighted by Crippen LogP contribution is 2.30. The molecule has 0 unspecified atom stereocenters. The van der Waals surface area contributed by atoms with Crippen LogP contribution in [0, 0.1) is 0 Å². The Labute approximate surface area is 269 Å². The molecule has 0 saturated heterocycles. The van der Waals surface area contributed by atoms with Crippen LogP contribution in [0.5, 0.6) is 0 Å². The Morgan fingerprint density at radius 3 is 2.27 bits per heavy atom. The van der Waals surface area contributed by atoms with E-state index in [4.69, 9.17) is 32.9 Å². The Hall–Kier alpha value is -4.32. The number of esters is 1. The number of methoxy groups -OCH3 is 1. The van der Waals surface area contributed by atoms with Gasteiger partial charge < -0.3 is 14.6 Å². The van der Waals surface area contributed by atoms with Crippen LogP contribution in [0.3, 0.4) is 0 Å². The monoisotopic (exact) mass is 623 g/mol. The number of aromatic nitrogens is 2. The number of nitrogens with zero attached hydrogens (tertiary/aromatic N) is 2. The van der Waals surface area contributed by atoms with Gasteiger partial charge in [0.2, 0.25) is 0 Å². The fourth-order valence-electron chi connectivity index (χ4n) is 4.87. The van der Waals surface area contributed by atoms with E-state index in [0.717, 1.165) is 46.9 Å². The number of benzene rings is 4. The third-order valence-electron chi connectivity index (χ3n) is 7.42. The zero-order valence-corrected chi connectivity index (χ0v) is 26.4. The molecule has 5 rings (SSSR count). The fourth-order valence-corrected chi connectivity index (χ4v) is 5.37. The van der Waals surface area contributed by atoms with Gasteiger partial charge in [0, 0.05) is 35.6 Å². The summed E-state index contributed by atoms with van der Waals surface area (Å²) in [5.74, 6) is 0.410. The highest BCUT2D eigenvalue weighted by atomic mass is 35.5. The van der Waals surface area contributed by atoms with E-state index in [1.54, 1.807) is 24.3 Å². The van der Waals surface area contributed by atoms with Gasteiger partial charge in [0.1, 0.15) is 5.82 Å². The molecule has 1 heterocycles. The SMILES string of the molecule is CCCCc1ccc(CNc2ccc(/C=C/c3nc(-c4ccc(Cl)cc4Cl)cn3Cc3ccc(C(=O)OC)cc3)cc2)cc1. The second kappa shape index (κ2) is 14.9. The summed E-state index contributed by atoms with van der Waals surface area (Å²) in [4.78, 5) is 16.8. The molecule has 0 aliphatic heterocycles. The molecule has 0 amide bonds. The number of nitrogens with one attached hydrogen (secondary N) is 1. The van der Waals surface area contributed by atoms with Gasteiger partial charge in [-0.05, 0) is 83.6 Å². The van der Waals surface area contributed by atoms with Gasteiger partial charge in [-0.15, -0.1) is 0 Å². The number of unbranched alkanes of at least 4 members (excludes halogenated alkanes) is 1. The van der Waals surface area contributed by atoms with Crippen LogP contribution in [0.1, 0.15) is 58.2 Å². The molecule has 224 valence electrons. The van der Waals surface area contributed by atoms with Crippen molar-refractivity contribution in [2.75, 3.05) is 12.4 Å². The number of ether oxygens (including phenoxy) is 1. The number of aryl methyl sites for hydroxylation is 1. The summed E-state index contributed by atoms with van der Waals surface area (Å²) < 4.78 is 6.89. The lowest BCUT2D eigenvalue weighted by molar-refractivity contribution is 0.0600. The molecule has 0 aliphatic rings.